The molecule has 0 radical (unpaired) electrons. The number of H-pyrrole nitrogens is 3. The van der Waals surface area contributed by atoms with E-state index < -0.39 is 11.4 Å². The maximum absolute atomic E-state index is 11.1. The maximum atomic E-state index is 11.1. The molecule has 0 bridgehead atoms. The smallest absolute Gasteiger partial charge is 0.338 e. The van der Waals surface area contributed by atoms with Gasteiger partial charge in [-0.15, -0.1) is 0 Å². The highest BCUT2D eigenvalue weighted by atomic mass is 16.2. The number of nitrogens with zero attached hydrogens (tertiary/aromatic N) is 2. The van der Waals surface area contributed by atoms with Crippen molar-refractivity contribution in [1.29, 1.82) is 0 Å². The van der Waals surface area contributed by atoms with Crippen LogP contribution >= 0.6 is 0 Å². The number of hydrazine groups is 1. The van der Waals surface area contributed by atoms with E-state index in [1.54, 1.807) is 11.9 Å². The van der Waals surface area contributed by atoms with Crippen LogP contribution in [0.15, 0.2) is 39.9 Å². The van der Waals surface area contributed by atoms with Crippen LogP contribution in [-0.2, 0) is 4.79 Å². The summed E-state index contributed by atoms with van der Waals surface area (Å²) >= 11 is 0. The Labute approximate surface area is 119 Å². The summed E-state index contributed by atoms with van der Waals surface area (Å²) in [6.45, 7) is 2.85. The number of rotatable bonds is 1. The Balaban J connectivity index is 0.000000194. The fourth-order valence-electron chi connectivity index (χ4n) is 1.74. The topological polar surface area (TPSA) is 117 Å². The molecule has 3 rings (SSSR count). The van der Waals surface area contributed by atoms with E-state index in [-0.39, 0.29) is 5.91 Å². The Morgan fingerprint density at radius 2 is 1.71 bits per heavy atom. The fourth-order valence-corrected chi connectivity index (χ4v) is 1.74. The maximum Gasteiger partial charge on any atom is 0.341 e. The number of aromatic nitrogens is 3. The molecule has 1 aliphatic heterocycles. The van der Waals surface area contributed by atoms with E-state index in [9.17, 15) is 14.4 Å². The van der Waals surface area contributed by atoms with Gasteiger partial charge < -0.3 is 4.90 Å². The molecular formula is C12H16N6O3. The molecule has 1 amide bonds. The molecule has 0 unspecified atom stereocenters. The van der Waals surface area contributed by atoms with Crippen LogP contribution in [0.5, 0.6) is 0 Å². The zero-order valence-electron chi connectivity index (χ0n) is 11.4. The van der Waals surface area contributed by atoms with E-state index >= 15 is 0 Å². The van der Waals surface area contributed by atoms with Crippen molar-refractivity contribution >= 4 is 11.6 Å². The van der Waals surface area contributed by atoms with Crippen molar-refractivity contribution in [1.82, 2.24) is 25.6 Å². The quantitative estimate of drug-likeness (QED) is 0.547. The average molecular weight is 292 g/mol. The van der Waals surface area contributed by atoms with Gasteiger partial charge in [0.05, 0.1) is 6.67 Å². The minimum atomic E-state index is -0.509. The van der Waals surface area contributed by atoms with E-state index in [0.717, 1.165) is 5.69 Å². The van der Waals surface area contributed by atoms with E-state index in [0.29, 0.717) is 13.3 Å². The van der Waals surface area contributed by atoms with Gasteiger partial charge >= 0.3 is 11.4 Å². The Kier molecular flexibility index (Phi) is 4.57. The lowest BCUT2D eigenvalue weighted by atomic mass is 10.3. The number of para-hydroxylation sites is 1. The van der Waals surface area contributed by atoms with E-state index in [1.165, 1.54) is 0 Å². The fraction of sp³-hybridized carbons (Fsp3) is 0.250. The van der Waals surface area contributed by atoms with Gasteiger partial charge in [-0.2, -0.15) is 0 Å². The number of carbonyl (C=O) groups excluding carboxylic acids is 1. The molecule has 1 aromatic carbocycles. The standard InChI is InChI=1S/C10H13N3O.C2H3N3O2/c1-9(14)13-8-12(7-11-13)10-5-3-2-4-6-10;6-1-3-2(7)5-4-1/h2-6,11H,7-8H2,1H3;(H3,3,4,5,6,7). The molecule has 21 heavy (non-hydrogen) atoms. The molecule has 1 fully saturated rings. The predicted octanol–water partition coefficient (Wildman–Crippen LogP) is -0.834. The first-order chi connectivity index (χ1) is 10.1. The molecule has 0 atom stereocenters. The van der Waals surface area contributed by atoms with Crippen LogP contribution in [0.4, 0.5) is 5.69 Å². The lowest BCUT2D eigenvalue weighted by Gasteiger charge is -2.16. The molecule has 1 aliphatic rings. The summed E-state index contributed by atoms with van der Waals surface area (Å²) < 4.78 is 0. The number of benzene rings is 1. The molecule has 112 valence electrons. The average Bonchev–Trinajstić information content (AvgIpc) is 3.10. The number of hydrogen-bond donors (Lipinski definition) is 4. The molecule has 2 heterocycles. The molecule has 2 aromatic rings. The van der Waals surface area contributed by atoms with Gasteiger partial charge in [0.2, 0.25) is 5.91 Å². The van der Waals surface area contributed by atoms with Gasteiger partial charge in [0.15, 0.2) is 0 Å². The van der Waals surface area contributed by atoms with E-state index in [4.69, 9.17) is 0 Å². The highest BCUT2D eigenvalue weighted by molar-refractivity contribution is 5.73. The number of aromatic amines is 3. The third kappa shape index (κ3) is 4.08. The van der Waals surface area contributed by atoms with Crippen LogP contribution in [0.3, 0.4) is 0 Å². The van der Waals surface area contributed by atoms with Crippen molar-refractivity contribution in [2.45, 2.75) is 6.92 Å². The van der Waals surface area contributed by atoms with Gasteiger partial charge in [-0.25, -0.2) is 25.2 Å². The van der Waals surface area contributed by atoms with E-state index in [1.807, 2.05) is 45.5 Å². The van der Waals surface area contributed by atoms with Crippen LogP contribution in [0.1, 0.15) is 6.92 Å². The third-order valence-electron chi connectivity index (χ3n) is 2.78. The van der Waals surface area contributed by atoms with Crippen molar-refractivity contribution in [3.05, 3.63) is 51.3 Å². The number of carbonyl (C=O) groups is 1. The SMILES string of the molecule is CC(=O)N1CN(c2ccccc2)CN1.O=c1[nH][nH]c(=O)[nH]1. The molecule has 9 nitrogen and oxygen atoms in total. The molecule has 1 saturated heterocycles. The van der Waals surface area contributed by atoms with Crippen molar-refractivity contribution < 1.29 is 4.79 Å². The molecule has 4 N–H and O–H groups in total. The van der Waals surface area contributed by atoms with Gasteiger partial charge in [0.1, 0.15) is 6.67 Å². The zero-order chi connectivity index (χ0) is 15.2. The Bertz CT molecular complexity index is 664. The summed E-state index contributed by atoms with van der Waals surface area (Å²) in [5, 5.41) is 5.64. The molecule has 9 heteroatoms. The van der Waals surface area contributed by atoms with Crippen LogP contribution < -0.4 is 21.7 Å². The van der Waals surface area contributed by atoms with Crippen molar-refractivity contribution in [3.8, 4) is 0 Å². The summed E-state index contributed by atoms with van der Waals surface area (Å²) in [5.41, 5.74) is 3.12. The molecule has 0 saturated carbocycles. The second-order valence-corrected chi connectivity index (χ2v) is 4.31. The van der Waals surface area contributed by atoms with Gasteiger partial charge in [-0.05, 0) is 12.1 Å². The number of nitrogens with one attached hydrogen (secondary N) is 4. The molecule has 0 spiro atoms. The molecule has 1 aromatic heterocycles. The van der Waals surface area contributed by atoms with Crippen molar-refractivity contribution in [2.75, 3.05) is 18.2 Å². The lowest BCUT2D eigenvalue weighted by molar-refractivity contribution is -0.130. The highest BCUT2D eigenvalue weighted by Gasteiger charge is 2.20. The first kappa shape index (κ1) is 14.6. The third-order valence-corrected chi connectivity index (χ3v) is 2.78. The Hall–Kier alpha value is -2.81. The second kappa shape index (κ2) is 6.57. The zero-order valence-corrected chi connectivity index (χ0v) is 11.4. The Morgan fingerprint density at radius 1 is 1.10 bits per heavy atom. The van der Waals surface area contributed by atoms with Crippen LogP contribution in [-0.4, -0.2) is 39.4 Å². The first-order valence-corrected chi connectivity index (χ1v) is 6.25. The summed E-state index contributed by atoms with van der Waals surface area (Å²) in [4.78, 5) is 35.0. The monoisotopic (exact) mass is 292 g/mol. The molecular weight excluding hydrogens is 276 g/mol. The normalized spacial score (nSPS) is 13.8. The number of amides is 1. The lowest BCUT2D eigenvalue weighted by Crippen LogP contribution is -2.35. The summed E-state index contributed by atoms with van der Waals surface area (Å²) in [6, 6.07) is 10.0. The van der Waals surface area contributed by atoms with Crippen LogP contribution in [0.2, 0.25) is 0 Å². The van der Waals surface area contributed by atoms with Gasteiger partial charge in [0.25, 0.3) is 0 Å². The second-order valence-electron chi connectivity index (χ2n) is 4.31. The Morgan fingerprint density at radius 3 is 2.14 bits per heavy atom. The summed E-state index contributed by atoms with van der Waals surface area (Å²) in [6.07, 6.45) is 0. The van der Waals surface area contributed by atoms with Gasteiger partial charge in [0, 0.05) is 12.6 Å². The van der Waals surface area contributed by atoms with E-state index in [2.05, 4.69) is 10.3 Å². The number of hydrogen-bond acceptors (Lipinski definition) is 5. The van der Waals surface area contributed by atoms with Gasteiger partial charge in [-0.1, -0.05) is 18.2 Å². The first-order valence-electron chi connectivity index (χ1n) is 6.25. The minimum Gasteiger partial charge on any atom is -0.338 e. The summed E-state index contributed by atoms with van der Waals surface area (Å²) in [5.74, 6) is 0.0448. The van der Waals surface area contributed by atoms with Crippen molar-refractivity contribution in [3.63, 3.8) is 0 Å². The minimum absolute atomic E-state index is 0.0448. The van der Waals surface area contributed by atoms with Crippen molar-refractivity contribution in [2.24, 2.45) is 0 Å². The highest BCUT2D eigenvalue weighted by Crippen LogP contribution is 2.15. The predicted molar refractivity (Wildman–Crippen MR) is 76.3 cm³/mol. The van der Waals surface area contributed by atoms with Gasteiger partial charge in [-0.3, -0.25) is 14.8 Å². The largest absolute Gasteiger partial charge is 0.341 e. The molecule has 0 aliphatic carbocycles. The van der Waals surface area contributed by atoms with Crippen LogP contribution in [0.25, 0.3) is 0 Å². The summed E-state index contributed by atoms with van der Waals surface area (Å²) in [7, 11) is 0. The number of anilines is 1. The van der Waals surface area contributed by atoms with Crippen LogP contribution in [0, 0.1) is 0 Å².